The molecule has 3 rings (SSSR count). The van der Waals surface area contributed by atoms with E-state index in [2.05, 4.69) is 30.0 Å². The predicted molar refractivity (Wildman–Crippen MR) is 117 cm³/mol. The minimum atomic E-state index is 0.0129. The molecule has 0 bridgehead atoms. The first-order valence-electron chi connectivity index (χ1n) is 9.03. The molecule has 27 heavy (non-hydrogen) atoms. The van der Waals surface area contributed by atoms with Crippen molar-refractivity contribution in [3.63, 3.8) is 0 Å². The van der Waals surface area contributed by atoms with E-state index in [0.717, 1.165) is 38.8 Å². The summed E-state index contributed by atoms with van der Waals surface area (Å²) >= 11 is 3.19. The average molecular weight is 400 g/mol. The van der Waals surface area contributed by atoms with E-state index >= 15 is 0 Å². The highest BCUT2D eigenvalue weighted by Gasteiger charge is 2.23. The first kappa shape index (κ1) is 19.9. The minimum Gasteiger partial charge on any atom is -0.308 e. The smallest absolute Gasteiger partial charge is 0.261 e. The maximum atomic E-state index is 13.4. The molecular formula is C21H25N3OS2. The van der Waals surface area contributed by atoms with Crippen molar-refractivity contribution in [3.05, 3.63) is 53.6 Å². The number of amides is 1. The Hall–Kier alpha value is -1.89. The summed E-state index contributed by atoms with van der Waals surface area (Å²) in [6, 6.07) is 14.1. The van der Waals surface area contributed by atoms with Gasteiger partial charge >= 0.3 is 0 Å². The van der Waals surface area contributed by atoms with Crippen molar-refractivity contribution >= 4 is 44.4 Å². The molecule has 0 saturated heterocycles. The summed E-state index contributed by atoms with van der Waals surface area (Å²) in [5.41, 5.74) is 2.97. The maximum absolute atomic E-state index is 13.4. The lowest BCUT2D eigenvalue weighted by molar-refractivity contribution is 0.0982. The molecule has 0 radical (unpaired) electrons. The number of hydrogen-bond acceptors (Lipinski definition) is 5. The Bertz CT molecular complexity index is 936. The van der Waals surface area contributed by atoms with E-state index in [-0.39, 0.29) is 5.91 Å². The lowest BCUT2D eigenvalue weighted by atomic mass is 10.1. The van der Waals surface area contributed by atoms with E-state index < -0.39 is 0 Å². The Morgan fingerprint density at radius 1 is 1.11 bits per heavy atom. The van der Waals surface area contributed by atoms with Crippen LogP contribution in [0.1, 0.15) is 22.8 Å². The molecule has 0 aliphatic carbocycles. The zero-order valence-corrected chi connectivity index (χ0v) is 17.9. The van der Waals surface area contributed by atoms with E-state index in [4.69, 9.17) is 4.98 Å². The third kappa shape index (κ3) is 4.34. The van der Waals surface area contributed by atoms with Crippen LogP contribution in [0.3, 0.4) is 0 Å². The Labute approximate surface area is 169 Å². The molecule has 0 atom stereocenters. The zero-order valence-electron chi connectivity index (χ0n) is 16.2. The first-order chi connectivity index (χ1) is 13.0. The topological polar surface area (TPSA) is 36.4 Å². The van der Waals surface area contributed by atoms with Gasteiger partial charge in [0.1, 0.15) is 0 Å². The summed E-state index contributed by atoms with van der Waals surface area (Å²) in [5.74, 6) is 0.0129. The molecular weight excluding hydrogens is 374 g/mol. The Kier molecular flexibility index (Phi) is 6.52. The van der Waals surface area contributed by atoms with Crippen LogP contribution in [0.2, 0.25) is 0 Å². The number of benzene rings is 2. The third-order valence-corrected chi connectivity index (χ3v) is 6.30. The molecule has 1 aromatic heterocycles. The fourth-order valence-corrected chi connectivity index (χ4v) is 4.57. The number of carbonyl (C=O) groups is 1. The molecule has 6 heteroatoms. The van der Waals surface area contributed by atoms with Crippen LogP contribution >= 0.6 is 23.1 Å². The number of para-hydroxylation sites is 1. The summed E-state index contributed by atoms with van der Waals surface area (Å²) in [4.78, 5) is 23.2. The predicted octanol–water partition coefficient (Wildman–Crippen LogP) is 4.79. The van der Waals surface area contributed by atoms with Gasteiger partial charge in [0.15, 0.2) is 5.13 Å². The lowest BCUT2D eigenvalue weighted by Crippen LogP contribution is -2.37. The molecule has 1 amide bonds. The number of anilines is 1. The number of aryl methyl sites for hydroxylation is 1. The fourth-order valence-electron chi connectivity index (χ4n) is 2.95. The molecule has 0 spiro atoms. The molecule has 1 heterocycles. The number of fused-ring (bicyclic) bond motifs is 1. The summed E-state index contributed by atoms with van der Waals surface area (Å²) in [5, 5.41) is 0.772. The molecule has 0 fully saturated rings. The van der Waals surface area contributed by atoms with Gasteiger partial charge in [-0.1, -0.05) is 42.5 Å². The maximum Gasteiger partial charge on any atom is 0.261 e. The van der Waals surface area contributed by atoms with E-state index in [9.17, 15) is 4.79 Å². The van der Waals surface area contributed by atoms with Crippen molar-refractivity contribution in [2.24, 2.45) is 0 Å². The zero-order chi connectivity index (χ0) is 19.4. The number of hydrogen-bond donors (Lipinski definition) is 0. The fraction of sp³-hybridized carbons (Fsp3) is 0.333. The van der Waals surface area contributed by atoms with Gasteiger partial charge in [-0.25, -0.2) is 4.98 Å². The Morgan fingerprint density at radius 3 is 2.59 bits per heavy atom. The molecule has 0 unspecified atom stereocenters. The van der Waals surface area contributed by atoms with Crippen LogP contribution in [-0.2, 0) is 6.42 Å². The quantitative estimate of drug-likeness (QED) is 0.535. The number of carbonyl (C=O) groups excluding carboxylic acids is 1. The molecule has 0 aliphatic heterocycles. The van der Waals surface area contributed by atoms with Gasteiger partial charge < -0.3 is 4.90 Å². The van der Waals surface area contributed by atoms with Gasteiger partial charge in [0.25, 0.3) is 5.91 Å². The molecule has 0 saturated carbocycles. The second-order valence-corrected chi connectivity index (χ2v) is 8.43. The summed E-state index contributed by atoms with van der Waals surface area (Å²) < 4.78 is 1.13. The standard InChI is InChI=1S/C21H25N3OS2/c1-5-15-9-8-12-18-19(15)22-21(27-18)24(14-13-23(2)3)20(25)16-10-6-7-11-17(16)26-4/h6-12H,5,13-14H2,1-4H3. The summed E-state index contributed by atoms with van der Waals surface area (Å²) in [7, 11) is 4.04. The van der Waals surface area contributed by atoms with Crippen LogP contribution < -0.4 is 4.90 Å². The normalized spacial score (nSPS) is 11.3. The monoisotopic (exact) mass is 399 g/mol. The van der Waals surface area contributed by atoms with Crippen LogP contribution in [0.25, 0.3) is 10.2 Å². The second kappa shape index (κ2) is 8.87. The molecule has 142 valence electrons. The van der Waals surface area contributed by atoms with Crippen LogP contribution in [0.5, 0.6) is 0 Å². The number of thiazole rings is 1. The lowest BCUT2D eigenvalue weighted by Gasteiger charge is -2.22. The third-order valence-electron chi connectivity index (χ3n) is 4.46. The highest BCUT2D eigenvalue weighted by molar-refractivity contribution is 7.98. The molecule has 3 aromatic rings. The summed E-state index contributed by atoms with van der Waals surface area (Å²) in [6.07, 6.45) is 2.93. The van der Waals surface area contributed by atoms with Crippen LogP contribution in [0.15, 0.2) is 47.4 Å². The number of rotatable bonds is 7. The Balaban J connectivity index is 2.04. The first-order valence-corrected chi connectivity index (χ1v) is 11.1. The van der Waals surface area contributed by atoms with Crippen molar-refractivity contribution in [2.45, 2.75) is 18.2 Å². The second-order valence-electron chi connectivity index (χ2n) is 6.57. The number of nitrogens with zero attached hydrogens (tertiary/aromatic N) is 3. The van der Waals surface area contributed by atoms with E-state index in [1.54, 1.807) is 23.1 Å². The van der Waals surface area contributed by atoms with Gasteiger partial charge in [0.05, 0.1) is 15.8 Å². The number of likely N-dealkylation sites (N-methyl/N-ethyl adjacent to an activating group) is 1. The van der Waals surface area contributed by atoms with Crippen molar-refractivity contribution < 1.29 is 4.79 Å². The van der Waals surface area contributed by atoms with Crippen molar-refractivity contribution in [1.29, 1.82) is 0 Å². The number of aromatic nitrogens is 1. The number of thioether (sulfide) groups is 1. The van der Waals surface area contributed by atoms with Gasteiger partial charge in [-0.15, -0.1) is 11.8 Å². The Morgan fingerprint density at radius 2 is 1.89 bits per heavy atom. The molecule has 2 aromatic carbocycles. The van der Waals surface area contributed by atoms with Gasteiger partial charge in [-0.3, -0.25) is 9.69 Å². The SMILES string of the molecule is CCc1cccc2sc(N(CCN(C)C)C(=O)c3ccccc3SC)nc12. The van der Waals surface area contributed by atoms with Gasteiger partial charge in [0, 0.05) is 18.0 Å². The van der Waals surface area contributed by atoms with Crippen molar-refractivity contribution in [1.82, 2.24) is 9.88 Å². The largest absolute Gasteiger partial charge is 0.308 e. The van der Waals surface area contributed by atoms with Gasteiger partial charge in [-0.05, 0) is 50.5 Å². The highest BCUT2D eigenvalue weighted by Crippen LogP contribution is 2.32. The van der Waals surface area contributed by atoms with E-state index in [0.29, 0.717) is 6.54 Å². The van der Waals surface area contributed by atoms with Crippen molar-refractivity contribution in [3.8, 4) is 0 Å². The summed E-state index contributed by atoms with van der Waals surface area (Å²) in [6.45, 7) is 3.52. The van der Waals surface area contributed by atoms with E-state index in [1.165, 1.54) is 5.56 Å². The van der Waals surface area contributed by atoms with Gasteiger partial charge in [0.2, 0.25) is 0 Å². The van der Waals surface area contributed by atoms with E-state index in [1.807, 2.05) is 49.5 Å². The highest BCUT2D eigenvalue weighted by atomic mass is 32.2. The van der Waals surface area contributed by atoms with Gasteiger partial charge in [-0.2, -0.15) is 0 Å². The van der Waals surface area contributed by atoms with Crippen LogP contribution in [0, 0.1) is 0 Å². The average Bonchev–Trinajstić information content (AvgIpc) is 3.11. The molecule has 0 N–H and O–H groups in total. The molecule has 0 aliphatic rings. The van der Waals surface area contributed by atoms with Crippen molar-refractivity contribution in [2.75, 3.05) is 38.3 Å². The molecule has 4 nitrogen and oxygen atoms in total. The van der Waals surface area contributed by atoms with Crippen LogP contribution in [0.4, 0.5) is 5.13 Å². The van der Waals surface area contributed by atoms with Crippen LogP contribution in [-0.4, -0.2) is 49.2 Å². The minimum absolute atomic E-state index is 0.0129.